The Morgan fingerprint density at radius 2 is 1.83 bits per heavy atom. The lowest BCUT2D eigenvalue weighted by Crippen LogP contribution is -2.26. The first-order valence-electron chi connectivity index (χ1n) is 5.81. The Kier molecular flexibility index (Phi) is 4.10. The molecule has 1 N–H and O–H groups in total. The summed E-state index contributed by atoms with van der Waals surface area (Å²) in [4.78, 5) is 0. The maximum absolute atomic E-state index is 11.0. The third-order valence-electron chi connectivity index (χ3n) is 3.14. The van der Waals surface area contributed by atoms with Crippen LogP contribution in [0.3, 0.4) is 0 Å². The fourth-order valence-corrected chi connectivity index (χ4v) is 2.83. The number of benzene rings is 2. The second kappa shape index (κ2) is 5.43. The molecular formula is C15H14BrClO. The highest BCUT2D eigenvalue weighted by Gasteiger charge is 2.31. The molecule has 0 heterocycles. The van der Waals surface area contributed by atoms with E-state index in [9.17, 15) is 5.11 Å². The Morgan fingerprint density at radius 1 is 1.17 bits per heavy atom. The first-order valence-corrected chi connectivity index (χ1v) is 6.98. The van der Waals surface area contributed by atoms with Gasteiger partial charge in [0.05, 0.1) is 0 Å². The Hall–Kier alpha value is -0.830. The van der Waals surface area contributed by atoms with E-state index in [4.69, 9.17) is 11.6 Å². The smallest absolute Gasteiger partial charge is 0.115 e. The monoisotopic (exact) mass is 324 g/mol. The number of aliphatic hydroxyl groups is 1. The third kappa shape index (κ3) is 2.46. The lowest BCUT2D eigenvalue weighted by atomic mass is 9.84. The van der Waals surface area contributed by atoms with Gasteiger partial charge in [-0.1, -0.05) is 64.8 Å². The van der Waals surface area contributed by atoms with E-state index < -0.39 is 5.60 Å². The molecule has 0 aromatic heterocycles. The van der Waals surface area contributed by atoms with E-state index >= 15 is 0 Å². The molecular weight excluding hydrogens is 312 g/mol. The van der Waals surface area contributed by atoms with Crippen molar-refractivity contribution in [1.82, 2.24) is 0 Å². The predicted octanol–water partition coefficient (Wildman–Crippen LogP) is 4.75. The zero-order valence-electron chi connectivity index (χ0n) is 10.0. The van der Waals surface area contributed by atoms with Crippen molar-refractivity contribution in [3.63, 3.8) is 0 Å². The van der Waals surface area contributed by atoms with Crippen molar-refractivity contribution in [3.8, 4) is 0 Å². The lowest BCUT2D eigenvalue weighted by Gasteiger charge is -2.29. The van der Waals surface area contributed by atoms with Crippen molar-refractivity contribution in [3.05, 3.63) is 69.2 Å². The van der Waals surface area contributed by atoms with Gasteiger partial charge >= 0.3 is 0 Å². The molecule has 0 fully saturated rings. The summed E-state index contributed by atoms with van der Waals surface area (Å²) in [6.45, 7) is 1.96. The van der Waals surface area contributed by atoms with E-state index in [1.165, 1.54) is 0 Å². The molecule has 3 heteroatoms. The fourth-order valence-electron chi connectivity index (χ4n) is 2.08. The summed E-state index contributed by atoms with van der Waals surface area (Å²) in [6.07, 6.45) is 0.579. The predicted molar refractivity (Wildman–Crippen MR) is 78.9 cm³/mol. The normalized spacial score (nSPS) is 14.2. The van der Waals surface area contributed by atoms with Crippen LogP contribution >= 0.6 is 27.5 Å². The number of rotatable bonds is 3. The van der Waals surface area contributed by atoms with Gasteiger partial charge in [0.15, 0.2) is 0 Å². The maximum atomic E-state index is 11.0. The van der Waals surface area contributed by atoms with Crippen LogP contribution in [0.15, 0.2) is 53.0 Å². The second-order valence-corrected chi connectivity index (χ2v) is 5.49. The van der Waals surface area contributed by atoms with E-state index in [1.807, 2.05) is 49.4 Å². The van der Waals surface area contributed by atoms with Gasteiger partial charge in [-0.15, -0.1) is 0 Å². The van der Waals surface area contributed by atoms with E-state index in [1.54, 1.807) is 6.07 Å². The molecule has 0 radical (unpaired) electrons. The Labute approximate surface area is 121 Å². The lowest BCUT2D eigenvalue weighted by molar-refractivity contribution is 0.0758. The van der Waals surface area contributed by atoms with E-state index in [-0.39, 0.29) is 0 Å². The minimum atomic E-state index is -1.02. The highest BCUT2D eigenvalue weighted by molar-refractivity contribution is 9.10. The van der Waals surface area contributed by atoms with Crippen molar-refractivity contribution >= 4 is 27.5 Å². The quantitative estimate of drug-likeness (QED) is 0.863. The molecule has 94 valence electrons. The molecule has 2 aromatic rings. The van der Waals surface area contributed by atoms with Crippen molar-refractivity contribution in [1.29, 1.82) is 0 Å². The zero-order chi connectivity index (χ0) is 13.2. The molecule has 18 heavy (non-hydrogen) atoms. The van der Waals surface area contributed by atoms with Crippen LogP contribution in [0.5, 0.6) is 0 Å². The van der Waals surface area contributed by atoms with Gasteiger partial charge in [0.25, 0.3) is 0 Å². The van der Waals surface area contributed by atoms with Crippen LogP contribution in [0.4, 0.5) is 0 Å². The van der Waals surface area contributed by atoms with Gasteiger partial charge in [0, 0.05) is 15.1 Å². The van der Waals surface area contributed by atoms with Crippen LogP contribution in [0, 0.1) is 0 Å². The van der Waals surface area contributed by atoms with Crippen LogP contribution < -0.4 is 0 Å². The molecule has 1 unspecified atom stereocenters. The summed E-state index contributed by atoms with van der Waals surface area (Å²) in [5, 5.41) is 11.6. The van der Waals surface area contributed by atoms with Crippen LogP contribution in [0.25, 0.3) is 0 Å². The van der Waals surface area contributed by atoms with Gasteiger partial charge in [-0.3, -0.25) is 0 Å². The minimum Gasteiger partial charge on any atom is -0.380 e. The molecule has 2 aromatic carbocycles. The van der Waals surface area contributed by atoms with Crippen LogP contribution in [0.2, 0.25) is 5.02 Å². The van der Waals surface area contributed by atoms with Crippen molar-refractivity contribution < 1.29 is 5.11 Å². The molecule has 1 atom stereocenters. The Bertz CT molecular complexity index is 541. The van der Waals surface area contributed by atoms with Gasteiger partial charge in [0.1, 0.15) is 5.60 Å². The summed E-state index contributed by atoms with van der Waals surface area (Å²) in [6, 6.07) is 15.1. The van der Waals surface area contributed by atoms with E-state index in [0.29, 0.717) is 11.4 Å². The van der Waals surface area contributed by atoms with Crippen LogP contribution in [-0.2, 0) is 5.60 Å². The van der Waals surface area contributed by atoms with Gasteiger partial charge in [-0.05, 0) is 30.2 Å². The molecule has 2 rings (SSSR count). The van der Waals surface area contributed by atoms with E-state index in [0.717, 1.165) is 15.6 Å². The summed E-state index contributed by atoms with van der Waals surface area (Å²) < 4.78 is 0.861. The average molecular weight is 326 g/mol. The molecule has 0 aliphatic carbocycles. The molecule has 0 amide bonds. The fraction of sp³-hybridized carbons (Fsp3) is 0.200. The number of halogens is 2. The van der Waals surface area contributed by atoms with Crippen molar-refractivity contribution in [2.24, 2.45) is 0 Å². The molecule has 0 aliphatic rings. The number of hydrogen-bond donors (Lipinski definition) is 1. The molecule has 0 saturated carbocycles. The minimum absolute atomic E-state index is 0.579. The Balaban J connectivity index is 2.60. The summed E-state index contributed by atoms with van der Waals surface area (Å²) in [5.74, 6) is 0. The summed E-state index contributed by atoms with van der Waals surface area (Å²) in [5.41, 5.74) is 0.643. The maximum Gasteiger partial charge on any atom is 0.115 e. The first kappa shape index (κ1) is 13.6. The van der Waals surface area contributed by atoms with Crippen molar-refractivity contribution in [2.45, 2.75) is 18.9 Å². The largest absolute Gasteiger partial charge is 0.380 e. The summed E-state index contributed by atoms with van der Waals surface area (Å²) in [7, 11) is 0. The molecule has 0 aliphatic heterocycles. The molecule has 1 nitrogen and oxygen atoms in total. The highest BCUT2D eigenvalue weighted by atomic mass is 79.9. The topological polar surface area (TPSA) is 20.2 Å². The Morgan fingerprint density at radius 3 is 2.44 bits per heavy atom. The standard InChI is InChI=1S/C15H14BrClO/c1-2-15(18,11-6-4-3-5-7-11)13-10-12(17)8-9-14(13)16/h3-10,18H,2H2,1H3. The summed E-state index contributed by atoms with van der Waals surface area (Å²) >= 11 is 9.52. The molecule has 0 spiro atoms. The number of hydrogen-bond acceptors (Lipinski definition) is 1. The van der Waals surface area contributed by atoms with E-state index in [2.05, 4.69) is 15.9 Å². The van der Waals surface area contributed by atoms with Crippen LogP contribution in [0.1, 0.15) is 24.5 Å². The first-order chi connectivity index (χ1) is 8.58. The van der Waals surface area contributed by atoms with Crippen molar-refractivity contribution in [2.75, 3.05) is 0 Å². The van der Waals surface area contributed by atoms with Gasteiger partial charge < -0.3 is 5.11 Å². The zero-order valence-corrected chi connectivity index (χ0v) is 12.4. The second-order valence-electron chi connectivity index (χ2n) is 4.20. The average Bonchev–Trinajstić information content (AvgIpc) is 2.41. The van der Waals surface area contributed by atoms with Gasteiger partial charge in [-0.2, -0.15) is 0 Å². The van der Waals surface area contributed by atoms with Gasteiger partial charge in [0.2, 0.25) is 0 Å². The van der Waals surface area contributed by atoms with Crippen LogP contribution in [-0.4, -0.2) is 5.11 Å². The highest BCUT2D eigenvalue weighted by Crippen LogP contribution is 2.38. The SMILES string of the molecule is CCC(O)(c1ccccc1)c1cc(Cl)ccc1Br. The van der Waals surface area contributed by atoms with Gasteiger partial charge in [-0.25, -0.2) is 0 Å². The molecule has 0 bridgehead atoms. The molecule has 0 saturated heterocycles. The third-order valence-corrected chi connectivity index (χ3v) is 4.06.